The summed E-state index contributed by atoms with van der Waals surface area (Å²) in [6.45, 7) is 1.91. The van der Waals surface area contributed by atoms with Crippen LogP contribution >= 0.6 is 11.5 Å². The highest BCUT2D eigenvalue weighted by atomic mass is 32.1. The Balaban J connectivity index is 2.24. The van der Waals surface area contributed by atoms with Crippen LogP contribution in [0.3, 0.4) is 0 Å². The number of nitrogen functional groups attached to an aromatic ring is 1. The summed E-state index contributed by atoms with van der Waals surface area (Å²) in [5.74, 6) is -0.243. The van der Waals surface area contributed by atoms with E-state index in [0.717, 1.165) is 17.1 Å². The first-order valence-corrected chi connectivity index (χ1v) is 5.39. The number of benzene rings is 1. The molecule has 16 heavy (non-hydrogen) atoms. The van der Waals surface area contributed by atoms with Gasteiger partial charge in [0.2, 0.25) is 0 Å². The lowest BCUT2D eigenvalue weighted by atomic mass is 10.1. The fraction of sp³-hybridized carbons (Fsp3) is 0.100. The minimum atomic E-state index is -0.243. The number of aromatic nitrogens is 2. The third kappa shape index (κ3) is 2.17. The molecule has 0 aliphatic heterocycles. The first-order chi connectivity index (χ1) is 7.66. The molecule has 0 aliphatic carbocycles. The molecule has 3 N–H and O–H groups in total. The van der Waals surface area contributed by atoms with Gasteiger partial charge in [0.05, 0.1) is 11.8 Å². The van der Waals surface area contributed by atoms with Crippen molar-refractivity contribution < 1.29 is 4.79 Å². The van der Waals surface area contributed by atoms with Crippen molar-refractivity contribution in [1.29, 1.82) is 0 Å². The molecule has 5 nitrogen and oxygen atoms in total. The van der Waals surface area contributed by atoms with Gasteiger partial charge >= 0.3 is 0 Å². The Morgan fingerprint density at radius 1 is 1.50 bits per heavy atom. The van der Waals surface area contributed by atoms with E-state index >= 15 is 0 Å². The number of carbonyl (C=O) groups is 1. The molecule has 1 aromatic heterocycles. The quantitative estimate of drug-likeness (QED) is 0.775. The smallest absolute Gasteiger partial charge is 0.258 e. The van der Waals surface area contributed by atoms with E-state index in [-0.39, 0.29) is 5.91 Å². The molecule has 0 atom stereocenters. The Hall–Kier alpha value is -1.95. The van der Waals surface area contributed by atoms with Crippen molar-refractivity contribution in [1.82, 2.24) is 9.59 Å². The average Bonchev–Trinajstić information content (AvgIpc) is 2.74. The van der Waals surface area contributed by atoms with Crippen molar-refractivity contribution in [3.63, 3.8) is 0 Å². The number of hydrogen-bond acceptors (Lipinski definition) is 5. The van der Waals surface area contributed by atoms with Gasteiger partial charge in [0.25, 0.3) is 5.91 Å². The van der Waals surface area contributed by atoms with Gasteiger partial charge in [-0.3, -0.25) is 4.79 Å². The van der Waals surface area contributed by atoms with Crippen molar-refractivity contribution in [3.05, 3.63) is 35.5 Å². The highest BCUT2D eigenvalue weighted by molar-refractivity contribution is 7.10. The predicted octanol–water partition coefficient (Wildman–Crippen LogP) is 1.68. The monoisotopic (exact) mass is 234 g/mol. The Morgan fingerprint density at radius 2 is 2.31 bits per heavy atom. The van der Waals surface area contributed by atoms with E-state index in [1.807, 2.05) is 13.0 Å². The number of nitrogens with two attached hydrogens (primary N) is 1. The largest absolute Gasteiger partial charge is 0.398 e. The van der Waals surface area contributed by atoms with E-state index in [1.165, 1.54) is 6.20 Å². The van der Waals surface area contributed by atoms with Crippen molar-refractivity contribution in [2.45, 2.75) is 6.92 Å². The van der Waals surface area contributed by atoms with Gasteiger partial charge < -0.3 is 11.1 Å². The first-order valence-electron chi connectivity index (χ1n) is 4.61. The first kappa shape index (κ1) is 10.6. The summed E-state index contributed by atoms with van der Waals surface area (Å²) in [5, 5.41) is 6.91. The lowest BCUT2D eigenvalue weighted by Crippen LogP contribution is -2.13. The van der Waals surface area contributed by atoms with Gasteiger partial charge in [-0.2, -0.15) is 0 Å². The van der Waals surface area contributed by atoms with E-state index in [4.69, 9.17) is 5.73 Å². The highest BCUT2D eigenvalue weighted by Crippen LogP contribution is 2.17. The maximum Gasteiger partial charge on any atom is 0.258 e. The third-order valence-electron chi connectivity index (χ3n) is 2.05. The van der Waals surface area contributed by atoms with Crippen LogP contribution in [-0.2, 0) is 0 Å². The molecule has 0 spiro atoms. The number of nitrogens with one attached hydrogen (secondary N) is 1. The number of rotatable bonds is 2. The Bertz CT molecular complexity index is 510. The van der Waals surface area contributed by atoms with E-state index in [0.29, 0.717) is 16.3 Å². The maximum atomic E-state index is 11.8. The molecule has 0 radical (unpaired) electrons. The lowest BCUT2D eigenvalue weighted by molar-refractivity contribution is 0.102. The molecule has 82 valence electrons. The normalized spacial score (nSPS) is 10.1. The van der Waals surface area contributed by atoms with Gasteiger partial charge in [0, 0.05) is 17.2 Å². The summed E-state index contributed by atoms with van der Waals surface area (Å²) in [4.78, 5) is 11.8. The highest BCUT2D eigenvalue weighted by Gasteiger charge is 2.10. The summed E-state index contributed by atoms with van der Waals surface area (Å²) in [6.07, 6.45) is 1.49. The Morgan fingerprint density at radius 3 is 3.00 bits per heavy atom. The second kappa shape index (κ2) is 4.28. The Labute approximate surface area is 96.5 Å². The van der Waals surface area contributed by atoms with Crippen LogP contribution in [0, 0.1) is 6.92 Å². The third-order valence-corrected chi connectivity index (χ3v) is 2.63. The molecular formula is C10H10N4OS. The zero-order valence-corrected chi connectivity index (χ0v) is 9.41. The van der Waals surface area contributed by atoms with Gasteiger partial charge in [0.1, 0.15) is 5.00 Å². The number of carbonyl (C=O) groups excluding carboxylic acids is 1. The molecule has 0 aliphatic rings. The molecule has 1 aromatic carbocycles. The zero-order chi connectivity index (χ0) is 11.5. The van der Waals surface area contributed by atoms with Crippen LogP contribution in [0.15, 0.2) is 24.4 Å². The number of aryl methyl sites for hydroxylation is 1. The summed E-state index contributed by atoms with van der Waals surface area (Å²) in [6, 6.07) is 5.33. The van der Waals surface area contributed by atoms with Gasteiger partial charge in [-0.05, 0) is 19.1 Å². The van der Waals surface area contributed by atoms with E-state index < -0.39 is 0 Å². The molecule has 2 aromatic rings. The van der Waals surface area contributed by atoms with Gasteiger partial charge in [0.15, 0.2) is 0 Å². The number of nitrogens with zero attached hydrogens (tertiary/aromatic N) is 2. The van der Waals surface area contributed by atoms with Crippen molar-refractivity contribution in [2.24, 2.45) is 0 Å². The molecule has 0 fully saturated rings. The van der Waals surface area contributed by atoms with Crippen LogP contribution in [0.4, 0.5) is 10.7 Å². The van der Waals surface area contributed by atoms with Crippen LogP contribution in [0.5, 0.6) is 0 Å². The minimum Gasteiger partial charge on any atom is -0.398 e. The Kier molecular flexibility index (Phi) is 2.82. The molecule has 6 heteroatoms. The van der Waals surface area contributed by atoms with Crippen molar-refractivity contribution in [2.75, 3.05) is 11.1 Å². The van der Waals surface area contributed by atoms with E-state index in [2.05, 4.69) is 14.9 Å². The standard InChI is InChI=1S/C10H10N4OS/c1-6-2-3-8(11)7(4-6)10(15)13-9-5-12-14-16-9/h2-5H,11H2,1H3,(H,13,15). The summed E-state index contributed by atoms with van der Waals surface area (Å²) in [5.41, 5.74) is 7.64. The maximum absolute atomic E-state index is 11.8. The van der Waals surface area contributed by atoms with Crippen LogP contribution < -0.4 is 11.1 Å². The molecule has 0 bridgehead atoms. The van der Waals surface area contributed by atoms with Gasteiger partial charge in [-0.1, -0.05) is 16.1 Å². The topological polar surface area (TPSA) is 80.9 Å². The molecule has 1 amide bonds. The molecule has 0 saturated carbocycles. The zero-order valence-electron chi connectivity index (χ0n) is 8.60. The fourth-order valence-corrected chi connectivity index (χ4v) is 1.68. The van der Waals surface area contributed by atoms with Crippen LogP contribution in [0.2, 0.25) is 0 Å². The van der Waals surface area contributed by atoms with Crippen LogP contribution in [0.25, 0.3) is 0 Å². The van der Waals surface area contributed by atoms with E-state index in [9.17, 15) is 4.79 Å². The van der Waals surface area contributed by atoms with Crippen LogP contribution in [0.1, 0.15) is 15.9 Å². The second-order valence-electron chi connectivity index (χ2n) is 3.33. The molecule has 0 unspecified atom stereocenters. The molecule has 0 saturated heterocycles. The van der Waals surface area contributed by atoms with Gasteiger partial charge in [-0.15, -0.1) is 5.10 Å². The average molecular weight is 234 g/mol. The number of anilines is 2. The van der Waals surface area contributed by atoms with Crippen molar-refractivity contribution in [3.8, 4) is 0 Å². The molecule has 2 rings (SSSR count). The molecular weight excluding hydrogens is 224 g/mol. The summed E-state index contributed by atoms with van der Waals surface area (Å²) < 4.78 is 3.65. The van der Waals surface area contributed by atoms with Gasteiger partial charge in [-0.25, -0.2) is 0 Å². The predicted molar refractivity (Wildman–Crippen MR) is 63.5 cm³/mol. The minimum absolute atomic E-state index is 0.243. The summed E-state index contributed by atoms with van der Waals surface area (Å²) in [7, 11) is 0. The van der Waals surface area contributed by atoms with Crippen molar-refractivity contribution >= 4 is 28.1 Å². The van der Waals surface area contributed by atoms with Crippen LogP contribution in [-0.4, -0.2) is 15.5 Å². The summed E-state index contributed by atoms with van der Waals surface area (Å²) >= 11 is 1.12. The number of amides is 1. The fourth-order valence-electron chi connectivity index (χ4n) is 1.27. The lowest BCUT2D eigenvalue weighted by Gasteiger charge is -2.05. The second-order valence-corrected chi connectivity index (χ2v) is 4.11. The van der Waals surface area contributed by atoms with E-state index in [1.54, 1.807) is 12.1 Å². The number of hydrogen-bond donors (Lipinski definition) is 2. The SMILES string of the molecule is Cc1ccc(N)c(C(=O)Nc2cnns2)c1. The molecule has 1 heterocycles.